The molecule has 0 saturated heterocycles. The van der Waals surface area contributed by atoms with E-state index in [1.807, 2.05) is 61.5 Å². The van der Waals surface area contributed by atoms with Crippen LogP contribution in [0.4, 0.5) is 0 Å². The number of carboxylic acid groups (broad SMARTS) is 1. The summed E-state index contributed by atoms with van der Waals surface area (Å²) in [7, 11) is 0. The summed E-state index contributed by atoms with van der Waals surface area (Å²) in [6.07, 6.45) is 0.0846. The van der Waals surface area contributed by atoms with Crippen molar-refractivity contribution in [2.75, 3.05) is 0 Å². The van der Waals surface area contributed by atoms with Gasteiger partial charge in [0.2, 0.25) is 5.91 Å². The number of carbonyl (C=O) groups excluding carboxylic acids is 1. The molecule has 4 nitrogen and oxygen atoms in total. The zero-order chi connectivity index (χ0) is 17.5. The Labute approximate surface area is 150 Å². The van der Waals surface area contributed by atoms with E-state index in [0.29, 0.717) is 0 Å². The van der Waals surface area contributed by atoms with Gasteiger partial charge in [0.1, 0.15) is 0 Å². The first-order chi connectivity index (χ1) is 11.5. The van der Waals surface area contributed by atoms with E-state index in [0.717, 1.165) is 15.6 Å². The number of rotatable bonds is 7. The summed E-state index contributed by atoms with van der Waals surface area (Å²) in [6, 6.07) is 16.9. The molecular weight excluding hydrogens is 370 g/mol. The highest BCUT2D eigenvalue weighted by atomic mass is 79.9. The molecule has 126 valence electrons. The third-order valence-electron chi connectivity index (χ3n) is 3.87. The zero-order valence-electron chi connectivity index (χ0n) is 13.4. The number of carbonyl (C=O) groups is 2. The predicted molar refractivity (Wildman–Crippen MR) is 96.8 cm³/mol. The lowest BCUT2D eigenvalue weighted by molar-refractivity contribution is -0.137. The van der Waals surface area contributed by atoms with Crippen molar-refractivity contribution in [3.8, 4) is 0 Å². The average Bonchev–Trinajstić information content (AvgIpc) is 2.55. The van der Waals surface area contributed by atoms with Crippen LogP contribution >= 0.6 is 15.9 Å². The van der Waals surface area contributed by atoms with Crippen molar-refractivity contribution in [2.45, 2.75) is 31.7 Å². The monoisotopic (exact) mass is 389 g/mol. The fourth-order valence-corrected chi connectivity index (χ4v) is 2.87. The van der Waals surface area contributed by atoms with E-state index in [1.165, 1.54) is 0 Å². The second-order valence-electron chi connectivity index (χ2n) is 5.75. The molecule has 0 aromatic heterocycles. The van der Waals surface area contributed by atoms with Gasteiger partial charge < -0.3 is 10.4 Å². The maximum absolute atomic E-state index is 12.3. The number of hydrogen-bond donors (Lipinski definition) is 2. The molecule has 0 heterocycles. The molecular formula is C19H20BrNO3. The highest BCUT2D eigenvalue weighted by Gasteiger charge is 2.20. The third-order valence-corrected chi connectivity index (χ3v) is 4.40. The number of hydrogen-bond acceptors (Lipinski definition) is 2. The lowest BCUT2D eigenvalue weighted by Crippen LogP contribution is -2.28. The fraction of sp³-hybridized carbons (Fsp3) is 0.263. The number of nitrogens with one attached hydrogen (secondary N) is 1. The Kier molecular flexibility index (Phi) is 6.55. The molecule has 2 atom stereocenters. The quantitative estimate of drug-likeness (QED) is 0.742. The highest BCUT2D eigenvalue weighted by molar-refractivity contribution is 9.10. The van der Waals surface area contributed by atoms with Crippen molar-refractivity contribution in [1.29, 1.82) is 0 Å². The van der Waals surface area contributed by atoms with Crippen LogP contribution in [0.5, 0.6) is 0 Å². The molecule has 0 aliphatic carbocycles. The van der Waals surface area contributed by atoms with Crippen molar-refractivity contribution in [1.82, 2.24) is 5.32 Å². The summed E-state index contributed by atoms with van der Waals surface area (Å²) in [6.45, 7) is 1.91. The second-order valence-corrected chi connectivity index (χ2v) is 6.67. The standard InChI is InChI=1S/C19H20BrNO3/c1-13(14-7-9-17(20)10-8-14)21-18(22)11-16(12-19(23)24)15-5-3-2-4-6-15/h2-10,13,16H,11-12H2,1H3,(H,21,22)(H,23,24)/t13-,16?/m0/s1. The number of halogens is 1. The van der Waals surface area contributed by atoms with E-state index in [4.69, 9.17) is 5.11 Å². The van der Waals surface area contributed by atoms with Crippen molar-refractivity contribution >= 4 is 27.8 Å². The van der Waals surface area contributed by atoms with Crippen LogP contribution < -0.4 is 5.32 Å². The third kappa shape index (κ3) is 5.49. The molecule has 0 aliphatic heterocycles. The molecule has 0 saturated carbocycles. The zero-order valence-corrected chi connectivity index (χ0v) is 15.0. The van der Waals surface area contributed by atoms with Gasteiger partial charge in [-0.3, -0.25) is 9.59 Å². The average molecular weight is 390 g/mol. The number of aliphatic carboxylic acids is 1. The van der Waals surface area contributed by atoms with Crippen molar-refractivity contribution in [3.63, 3.8) is 0 Å². The van der Waals surface area contributed by atoms with Gasteiger partial charge in [-0.25, -0.2) is 0 Å². The molecule has 2 aromatic carbocycles. The maximum Gasteiger partial charge on any atom is 0.303 e. The lowest BCUT2D eigenvalue weighted by Gasteiger charge is -2.18. The van der Waals surface area contributed by atoms with Crippen molar-refractivity contribution < 1.29 is 14.7 Å². The highest BCUT2D eigenvalue weighted by Crippen LogP contribution is 2.24. The van der Waals surface area contributed by atoms with Crippen LogP contribution in [0.25, 0.3) is 0 Å². The second kappa shape index (κ2) is 8.64. The first-order valence-electron chi connectivity index (χ1n) is 7.77. The Bertz CT molecular complexity index is 686. The summed E-state index contributed by atoms with van der Waals surface area (Å²) in [5, 5.41) is 12.0. The molecule has 2 N–H and O–H groups in total. The number of benzene rings is 2. The molecule has 2 aromatic rings. The first-order valence-corrected chi connectivity index (χ1v) is 8.56. The first kappa shape index (κ1) is 18.2. The topological polar surface area (TPSA) is 66.4 Å². The Morgan fingerprint density at radius 1 is 1.00 bits per heavy atom. The molecule has 0 spiro atoms. The molecule has 0 bridgehead atoms. The molecule has 5 heteroatoms. The number of amides is 1. The van der Waals surface area contributed by atoms with Gasteiger partial charge in [0.15, 0.2) is 0 Å². The van der Waals surface area contributed by atoms with Crippen LogP contribution in [-0.4, -0.2) is 17.0 Å². The number of carboxylic acids is 1. The van der Waals surface area contributed by atoms with Crippen molar-refractivity contribution in [2.24, 2.45) is 0 Å². The smallest absolute Gasteiger partial charge is 0.303 e. The van der Waals surface area contributed by atoms with Gasteiger partial charge in [-0.2, -0.15) is 0 Å². The van der Waals surface area contributed by atoms with E-state index in [9.17, 15) is 9.59 Å². The Balaban J connectivity index is 2.02. The summed E-state index contributed by atoms with van der Waals surface area (Å²) in [5.41, 5.74) is 1.87. The predicted octanol–water partition coefficient (Wildman–Crippen LogP) is 4.27. The largest absolute Gasteiger partial charge is 0.481 e. The Morgan fingerprint density at radius 2 is 1.62 bits per heavy atom. The van der Waals surface area contributed by atoms with E-state index >= 15 is 0 Å². The minimum absolute atomic E-state index is 0.0654. The van der Waals surface area contributed by atoms with Crippen LogP contribution in [0.1, 0.15) is 42.9 Å². The molecule has 1 unspecified atom stereocenters. The van der Waals surface area contributed by atoms with Crippen LogP contribution in [0.2, 0.25) is 0 Å². The van der Waals surface area contributed by atoms with Crippen molar-refractivity contribution in [3.05, 3.63) is 70.2 Å². The maximum atomic E-state index is 12.3. The summed E-state index contributed by atoms with van der Waals surface area (Å²) in [5.74, 6) is -1.39. The normalized spacial score (nSPS) is 13.1. The summed E-state index contributed by atoms with van der Waals surface area (Å²) < 4.78 is 0.982. The summed E-state index contributed by atoms with van der Waals surface area (Å²) in [4.78, 5) is 23.4. The van der Waals surface area contributed by atoms with E-state index < -0.39 is 5.97 Å². The lowest BCUT2D eigenvalue weighted by atomic mass is 9.92. The van der Waals surface area contributed by atoms with Gasteiger partial charge in [-0.1, -0.05) is 58.4 Å². The van der Waals surface area contributed by atoms with Crippen LogP contribution in [0.15, 0.2) is 59.1 Å². The van der Waals surface area contributed by atoms with E-state index in [-0.39, 0.29) is 30.7 Å². The van der Waals surface area contributed by atoms with Gasteiger partial charge in [0.05, 0.1) is 12.5 Å². The molecule has 0 radical (unpaired) electrons. The SMILES string of the molecule is C[C@H](NC(=O)CC(CC(=O)O)c1ccccc1)c1ccc(Br)cc1. The van der Waals surface area contributed by atoms with Gasteiger partial charge in [0, 0.05) is 16.8 Å². The van der Waals surface area contributed by atoms with E-state index in [2.05, 4.69) is 21.2 Å². The molecule has 2 rings (SSSR count). The van der Waals surface area contributed by atoms with Crippen LogP contribution in [0.3, 0.4) is 0 Å². The molecule has 0 aliphatic rings. The molecule has 24 heavy (non-hydrogen) atoms. The fourth-order valence-electron chi connectivity index (χ4n) is 2.60. The van der Waals surface area contributed by atoms with Gasteiger partial charge in [-0.15, -0.1) is 0 Å². The van der Waals surface area contributed by atoms with Crippen LogP contribution in [0, 0.1) is 0 Å². The minimum Gasteiger partial charge on any atom is -0.481 e. The summed E-state index contributed by atoms with van der Waals surface area (Å²) >= 11 is 3.38. The molecule has 0 fully saturated rings. The van der Waals surface area contributed by atoms with Gasteiger partial charge in [-0.05, 0) is 30.2 Å². The van der Waals surface area contributed by atoms with Gasteiger partial charge >= 0.3 is 5.97 Å². The Morgan fingerprint density at radius 3 is 2.21 bits per heavy atom. The van der Waals surface area contributed by atoms with Crippen LogP contribution in [-0.2, 0) is 9.59 Å². The molecule has 1 amide bonds. The Hall–Kier alpha value is -2.14. The van der Waals surface area contributed by atoms with Gasteiger partial charge in [0.25, 0.3) is 0 Å². The minimum atomic E-state index is -0.905. The van der Waals surface area contributed by atoms with E-state index in [1.54, 1.807) is 0 Å².